The lowest BCUT2D eigenvalue weighted by molar-refractivity contribution is -0.139. The van der Waals surface area contributed by atoms with Gasteiger partial charge in [0.2, 0.25) is 5.91 Å². The SMILES string of the molecule is CCOC(=O)Nc1ccc(N2CCC[C@]3(CCN(C4CCC(O)CC4)C3=O)C2)cc1C. The van der Waals surface area contributed by atoms with Crippen LogP contribution in [0.3, 0.4) is 0 Å². The summed E-state index contributed by atoms with van der Waals surface area (Å²) >= 11 is 0. The van der Waals surface area contributed by atoms with Crippen LogP contribution in [0.4, 0.5) is 16.2 Å². The molecule has 2 N–H and O–H groups in total. The quantitative estimate of drug-likeness (QED) is 0.763. The summed E-state index contributed by atoms with van der Waals surface area (Å²) < 4.78 is 4.97. The van der Waals surface area contributed by atoms with Crippen molar-refractivity contribution in [3.8, 4) is 0 Å². The lowest BCUT2D eigenvalue weighted by atomic mass is 9.78. The van der Waals surface area contributed by atoms with Gasteiger partial charge in [0.15, 0.2) is 0 Å². The van der Waals surface area contributed by atoms with Gasteiger partial charge in [0, 0.05) is 37.1 Å². The molecule has 2 heterocycles. The zero-order valence-electron chi connectivity index (χ0n) is 18.7. The summed E-state index contributed by atoms with van der Waals surface area (Å²) in [5, 5.41) is 12.6. The molecule has 1 aromatic rings. The highest BCUT2D eigenvalue weighted by atomic mass is 16.5. The molecule has 7 heteroatoms. The zero-order chi connectivity index (χ0) is 22.0. The highest BCUT2D eigenvalue weighted by Gasteiger charge is 2.50. The van der Waals surface area contributed by atoms with Crippen LogP contribution in [-0.2, 0) is 9.53 Å². The molecular formula is C24H35N3O4. The number of piperidine rings is 1. The van der Waals surface area contributed by atoms with Crippen LogP contribution in [0.2, 0.25) is 0 Å². The third kappa shape index (κ3) is 4.52. The smallest absolute Gasteiger partial charge is 0.411 e. The molecule has 3 fully saturated rings. The van der Waals surface area contributed by atoms with E-state index in [2.05, 4.69) is 21.2 Å². The zero-order valence-corrected chi connectivity index (χ0v) is 18.7. The van der Waals surface area contributed by atoms with E-state index >= 15 is 0 Å². The Labute approximate surface area is 184 Å². The highest BCUT2D eigenvalue weighted by molar-refractivity contribution is 5.87. The minimum atomic E-state index is -0.442. The average molecular weight is 430 g/mol. The molecule has 31 heavy (non-hydrogen) atoms. The number of hydrogen-bond donors (Lipinski definition) is 2. The van der Waals surface area contributed by atoms with Crippen LogP contribution in [0, 0.1) is 12.3 Å². The molecule has 2 aliphatic heterocycles. The standard InChI is InChI=1S/C24H35N3O4/c1-3-31-23(30)25-21-10-7-19(15-17(21)2)26-13-4-11-24(16-26)12-14-27(22(24)29)18-5-8-20(28)9-6-18/h7,10,15,18,20,28H,3-6,8-9,11-14,16H2,1-2H3,(H,25,30)/t18?,20?,24-/m0/s1. The van der Waals surface area contributed by atoms with E-state index in [1.54, 1.807) is 6.92 Å². The largest absolute Gasteiger partial charge is 0.450 e. The van der Waals surface area contributed by atoms with Crippen molar-refractivity contribution < 1.29 is 19.4 Å². The lowest BCUT2D eigenvalue weighted by Gasteiger charge is -2.41. The number of benzene rings is 1. The van der Waals surface area contributed by atoms with Crippen LogP contribution in [0.25, 0.3) is 0 Å². The Morgan fingerprint density at radius 3 is 2.71 bits per heavy atom. The predicted octanol–water partition coefficient (Wildman–Crippen LogP) is 3.69. The third-order valence-electron chi connectivity index (χ3n) is 7.32. The van der Waals surface area contributed by atoms with Crippen LogP contribution in [-0.4, -0.2) is 60.4 Å². The maximum Gasteiger partial charge on any atom is 0.411 e. The van der Waals surface area contributed by atoms with E-state index in [9.17, 15) is 14.7 Å². The van der Waals surface area contributed by atoms with Crippen LogP contribution < -0.4 is 10.2 Å². The number of aryl methyl sites for hydroxylation is 1. The van der Waals surface area contributed by atoms with Crippen molar-refractivity contribution in [3.63, 3.8) is 0 Å². The van der Waals surface area contributed by atoms with Crippen LogP contribution in [0.1, 0.15) is 57.4 Å². The van der Waals surface area contributed by atoms with Crippen molar-refractivity contribution in [2.24, 2.45) is 5.41 Å². The van der Waals surface area contributed by atoms with Gasteiger partial charge in [-0.25, -0.2) is 4.79 Å². The summed E-state index contributed by atoms with van der Waals surface area (Å²) in [5.41, 5.74) is 2.53. The summed E-state index contributed by atoms with van der Waals surface area (Å²) in [7, 11) is 0. The topological polar surface area (TPSA) is 82.1 Å². The molecule has 1 aromatic carbocycles. The molecule has 7 nitrogen and oxygen atoms in total. The van der Waals surface area contributed by atoms with Crippen molar-refractivity contribution in [2.75, 3.05) is 36.5 Å². The van der Waals surface area contributed by atoms with Crippen molar-refractivity contribution in [1.29, 1.82) is 0 Å². The molecule has 2 saturated heterocycles. The second-order valence-corrected chi connectivity index (χ2v) is 9.36. The van der Waals surface area contributed by atoms with Gasteiger partial charge in [0.1, 0.15) is 0 Å². The van der Waals surface area contributed by atoms with Crippen molar-refractivity contribution in [1.82, 2.24) is 4.90 Å². The first-order valence-corrected chi connectivity index (χ1v) is 11.7. The van der Waals surface area contributed by atoms with E-state index < -0.39 is 6.09 Å². The first-order chi connectivity index (χ1) is 14.9. The van der Waals surface area contributed by atoms with Gasteiger partial charge in [-0.15, -0.1) is 0 Å². The molecule has 1 spiro atoms. The molecule has 170 valence electrons. The Kier molecular flexibility index (Phi) is 6.42. The van der Waals surface area contributed by atoms with Crippen molar-refractivity contribution in [2.45, 2.75) is 70.9 Å². The number of hydrogen-bond acceptors (Lipinski definition) is 5. The van der Waals surface area contributed by atoms with Gasteiger partial charge in [0.25, 0.3) is 0 Å². The fourth-order valence-corrected chi connectivity index (χ4v) is 5.56. The van der Waals surface area contributed by atoms with E-state index in [0.717, 1.165) is 81.5 Å². The van der Waals surface area contributed by atoms with Crippen LogP contribution >= 0.6 is 0 Å². The first kappa shape index (κ1) is 21.9. The monoisotopic (exact) mass is 429 g/mol. The molecule has 0 unspecified atom stereocenters. The molecule has 2 amide bonds. The average Bonchev–Trinajstić information content (AvgIpc) is 3.06. The Hall–Kier alpha value is -2.28. The second-order valence-electron chi connectivity index (χ2n) is 9.36. The molecular weight excluding hydrogens is 394 g/mol. The number of nitrogens with one attached hydrogen (secondary N) is 1. The maximum atomic E-state index is 13.5. The minimum Gasteiger partial charge on any atom is -0.450 e. The summed E-state index contributed by atoms with van der Waals surface area (Å²) in [6.45, 7) is 6.63. The van der Waals surface area contributed by atoms with Gasteiger partial charge >= 0.3 is 6.09 Å². The van der Waals surface area contributed by atoms with E-state index in [1.807, 2.05) is 19.1 Å². The minimum absolute atomic E-state index is 0.197. The van der Waals surface area contributed by atoms with E-state index in [0.29, 0.717) is 18.6 Å². The Bertz CT molecular complexity index is 821. The van der Waals surface area contributed by atoms with Crippen LogP contribution in [0.15, 0.2) is 18.2 Å². The number of amides is 2. The summed E-state index contributed by atoms with van der Waals surface area (Å²) in [6, 6.07) is 6.31. The molecule has 4 rings (SSSR count). The third-order valence-corrected chi connectivity index (χ3v) is 7.32. The fourth-order valence-electron chi connectivity index (χ4n) is 5.56. The van der Waals surface area contributed by atoms with Gasteiger partial charge in [-0.05, 0) is 82.6 Å². The molecule has 1 saturated carbocycles. The van der Waals surface area contributed by atoms with Gasteiger partial charge in [-0.1, -0.05) is 0 Å². The molecule has 1 atom stereocenters. The van der Waals surface area contributed by atoms with Gasteiger partial charge in [-0.3, -0.25) is 10.1 Å². The van der Waals surface area contributed by atoms with Crippen molar-refractivity contribution >= 4 is 23.4 Å². The van der Waals surface area contributed by atoms with Gasteiger partial charge in [0.05, 0.1) is 18.1 Å². The predicted molar refractivity (Wildman–Crippen MR) is 120 cm³/mol. The number of aliphatic hydroxyl groups excluding tert-OH is 1. The number of rotatable bonds is 4. The van der Waals surface area contributed by atoms with Gasteiger partial charge < -0.3 is 19.6 Å². The number of aliphatic hydroxyl groups is 1. The second kappa shape index (κ2) is 9.07. The molecule has 0 bridgehead atoms. The normalized spacial score (nSPS) is 28.8. The van der Waals surface area contributed by atoms with E-state index in [1.165, 1.54) is 0 Å². The number of likely N-dealkylation sites (tertiary alicyclic amines) is 1. The van der Waals surface area contributed by atoms with Crippen molar-refractivity contribution in [3.05, 3.63) is 23.8 Å². The summed E-state index contributed by atoms with van der Waals surface area (Å²) in [4.78, 5) is 29.7. The number of nitrogens with zero attached hydrogens (tertiary/aromatic N) is 2. The van der Waals surface area contributed by atoms with E-state index in [-0.39, 0.29) is 11.5 Å². The Morgan fingerprint density at radius 1 is 1.23 bits per heavy atom. The summed E-state index contributed by atoms with van der Waals surface area (Å²) in [6.07, 6.45) is 5.68. The molecule has 1 aliphatic carbocycles. The number of anilines is 2. The fraction of sp³-hybridized carbons (Fsp3) is 0.667. The number of carbonyl (C=O) groups excluding carboxylic acids is 2. The van der Waals surface area contributed by atoms with Crippen LogP contribution in [0.5, 0.6) is 0 Å². The highest BCUT2D eigenvalue weighted by Crippen LogP contribution is 2.43. The van der Waals surface area contributed by atoms with E-state index in [4.69, 9.17) is 4.74 Å². The number of ether oxygens (including phenoxy) is 1. The lowest BCUT2D eigenvalue weighted by Crippen LogP contribution is -2.50. The Balaban J connectivity index is 1.44. The molecule has 3 aliphatic rings. The molecule has 0 radical (unpaired) electrons. The Morgan fingerprint density at radius 2 is 2.00 bits per heavy atom. The number of carbonyl (C=O) groups is 2. The first-order valence-electron chi connectivity index (χ1n) is 11.7. The summed E-state index contributed by atoms with van der Waals surface area (Å²) in [5.74, 6) is 0.316. The molecule has 0 aromatic heterocycles. The maximum absolute atomic E-state index is 13.5. The van der Waals surface area contributed by atoms with Gasteiger partial charge in [-0.2, -0.15) is 0 Å².